The predicted octanol–water partition coefficient (Wildman–Crippen LogP) is 3.57. The summed E-state index contributed by atoms with van der Waals surface area (Å²) in [7, 11) is 0. The monoisotopic (exact) mass is 302 g/mol. The van der Waals surface area contributed by atoms with E-state index >= 15 is 0 Å². The molecule has 0 saturated heterocycles. The van der Waals surface area contributed by atoms with Gasteiger partial charge in [-0.2, -0.15) is 4.98 Å². The molecule has 5 heteroatoms. The molecule has 0 saturated carbocycles. The second kappa shape index (κ2) is 6.15. The van der Waals surface area contributed by atoms with Crippen LogP contribution in [0.1, 0.15) is 57.9 Å². The van der Waals surface area contributed by atoms with Gasteiger partial charge in [-0.05, 0) is 23.3 Å². The third kappa shape index (κ3) is 5.20. The number of hydrogen-bond acceptors (Lipinski definition) is 5. The van der Waals surface area contributed by atoms with E-state index in [2.05, 4.69) is 49.7 Å². The third-order valence-corrected chi connectivity index (χ3v) is 3.32. The van der Waals surface area contributed by atoms with Gasteiger partial charge in [0.25, 0.3) is 0 Å². The Bertz CT molecular complexity index is 626. The first-order valence-corrected chi connectivity index (χ1v) is 7.73. The summed E-state index contributed by atoms with van der Waals surface area (Å²) in [4.78, 5) is 13.4. The van der Waals surface area contributed by atoms with Crippen molar-refractivity contribution in [3.05, 3.63) is 35.5 Å². The summed E-state index contributed by atoms with van der Waals surface area (Å²) in [5.74, 6) is 2.28. The smallest absolute Gasteiger partial charge is 0.223 e. The van der Waals surface area contributed by atoms with Gasteiger partial charge in [0.05, 0.1) is 0 Å². The highest BCUT2D eigenvalue weighted by atomic mass is 16.5. The average molecular weight is 302 g/mol. The van der Waals surface area contributed by atoms with Crippen LogP contribution in [0.15, 0.2) is 16.8 Å². The molecule has 120 valence electrons. The van der Waals surface area contributed by atoms with Crippen LogP contribution in [0.4, 0.5) is 0 Å². The maximum atomic E-state index is 5.05. The fourth-order valence-corrected chi connectivity index (χ4v) is 2.49. The number of hydrogen-bond donors (Lipinski definition) is 0. The van der Waals surface area contributed by atoms with Gasteiger partial charge in [0.15, 0.2) is 5.82 Å². The quantitative estimate of drug-likeness (QED) is 0.844. The van der Waals surface area contributed by atoms with Crippen molar-refractivity contribution in [3.8, 4) is 0 Å². The highest BCUT2D eigenvalue weighted by Crippen LogP contribution is 2.25. The van der Waals surface area contributed by atoms with E-state index in [1.165, 1.54) is 0 Å². The molecule has 5 nitrogen and oxygen atoms in total. The van der Waals surface area contributed by atoms with Crippen molar-refractivity contribution in [3.63, 3.8) is 0 Å². The second-order valence-corrected chi connectivity index (χ2v) is 7.95. The molecule has 0 atom stereocenters. The molecule has 22 heavy (non-hydrogen) atoms. The zero-order chi connectivity index (χ0) is 16.4. The van der Waals surface area contributed by atoms with Gasteiger partial charge < -0.3 is 4.52 Å². The number of nitrogens with zero attached hydrogens (tertiary/aromatic N) is 4. The normalized spacial score (nSPS) is 12.6. The van der Waals surface area contributed by atoms with Gasteiger partial charge >= 0.3 is 0 Å². The molecule has 0 fully saturated rings. The zero-order valence-electron chi connectivity index (χ0n) is 14.5. The summed E-state index contributed by atoms with van der Waals surface area (Å²) in [5.41, 5.74) is 1.28. The molecular formula is C17H26N4O. The van der Waals surface area contributed by atoms with Crippen LogP contribution >= 0.6 is 0 Å². The van der Waals surface area contributed by atoms with Gasteiger partial charge in [-0.1, -0.05) is 39.8 Å². The van der Waals surface area contributed by atoms with E-state index in [0.717, 1.165) is 36.6 Å². The van der Waals surface area contributed by atoms with Crippen LogP contribution in [0.25, 0.3) is 0 Å². The lowest BCUT2D eigenvalue weighted by Crippen LogP contribution is -2.21. The first kappa shape index (κ1) is 16.6. The summed E-state index contributed by atoms with van der Waals surface area (Å²) < 4.78 is 5.05. The van der Waals surface area contributed by atoms with Gasteiger partial charge in [0.2, 0.25) is 5.89 Å². The third-order valence-electron chi connectivity index (χ3n) is 3.32. The van der Waals surface area contributed by atoms with E-state index in [9.17, 15) is 0 Å². The summed E-state index contributed by atoms with van der Waals surface area (Å²) in [6, 6.07) is 2.00. The van der Waals surface area contributed by atoms with Gasteiger partial charge in [0.1, 0.15) is 5.82 Å². The van der Waals surface area contributed by atoms with Crippen molar-refractivity contribution in [2.45, 2.75) is 60.8 Å². The Morgan fingerprint density at radius 3 is 2.27 bits per heavy atom. The fourth-order valence-electron chi connectivity index (χ4n) is 2.49. The lowest BCUT2D eigenvalue weighted by Gasteiger charge is -2.23. The van der Waals surface area contributed by atoms with E-state index in [4.69, 9.17) is 9.51 Å². The highest BCUT2D eigenvalue weighted by Gasteiger charge is 2.23. The molecule has 0 aliphatic heterocycles. The molecular weight excluding hydrogens is 276 g/mol. The minimum atomic E-state index is 0.0175. The maximum Gasteiger partial charge on any atom is 0.223 e. The molecule has 2 rings (SSSR count). The van der Waals surface area contributed by atoms with Crippen molar-refractivity contribution >= 4 is 0 Å². The molecule has 0 aromatic carbocycles. The van der Waals surface area contributed by atoms with Crippen molar-refractivity contribution in [1.29, 1.82) is 0 Å². The van der Waals surface area contributed by atoms with Crippen LogP contribution in [0.2, 0.25) is 0 Å². The zero-order valence-corrected chi connectivity index (χ0v) is 14.5. The van der Waals surface area contributed by atoms with Crippen molar-refractivity contribution in [2.75, 3.05) is 0 Å². The van der Waals surface area contributed by atoms with Gasteiger partial charge in [0, 0.05) is 31.7 Å². The molecule has 2 aromatic heterocycles. The fraction of sp³-hybridized carbons (Fsp3) is 0.647. The first-order valence-electron chi connectivity index (χ1n) is 7.73. The van der Waals surface area contributed by atoms with Crippen LogP contribution in [-0.2, 0) is 19.3 Å². The molecule has 2 aromatic rings. The Morgan fingerprint density at radius 1 is 0.955 bits per heavy atom. The summed E-state index contributed by atoms with van der Waals surface area (Å²) in [6.45, 7) is 12.8. The Balaban J connectivity index is 2.07. The molecule has 2 heterocycles. The predicted molar refractivity (Wildman–Crippen MR) is 85.4 cm³/mol. The first-order chi connectivity index (χ1) is 10.1. The Hall–Kier alpha value is -1.78. The molecule has 0 N–H and O–H groups in total. The van der Waals surface area contributed by atoms with Crippen LogP contribution in [0.5, 0.6) is 0 Å². The molecule has 0 spiro atoms. The second-order valence-electron chi connectivity index (χ2n) is 7.95. The number of aromatic nitrogens is 4. The lowest BCUT2D eigenvalue weighted by molar-refractivity contribution is 0.331. The van der Waals surface area contributed by atoms with Crippen LogP contribution in [0.3, 0.4) is 0 Å². The number of rotatable bonds is 5. The topological polar surface area (TPSA) is 64.7 Å². The Labute approximate surface area is 132 Å². The van der Waals surface area contributed by atoms with Gasteiger partial charge in [-0.15, -0.1) is 0 Å². The van der Waals surface area contributed by atoms with Crippen molar-refractivity contribution in [2.24, 2.45) is 10.8 Å². The Kier molecular flexibility index (Phi) is 4.63. The molecule has 0 bridgehead atoms. The Morgan fingerprint density at radius 2 is 1.68 bits per heavy atom. The van der Waals surface area contributed by atoms with Crippen molar-refractivity contribution < 1.29 is 4.52 Å². The van der Waals surface area contributed by atoms with E-state index in [1.807, 2.05) is 19.2 Å². The SMILES string of the molecule is Cc1nc(CC(C)(C)Cc2ccnc(CC(C)(C)C)n2)no1. The van der Waals surface area contributed by atoms with Gasteiger partial charge in [-0.3, -0.25) is 0 Å². The summed E-state index contributed by atoms with van der Waals surface area (Å²) in [5, 5.41) is 3.99. The molecule has 0 aliphatic carbocycles. The summed E-state index contributed by atoms with van der Waals surface area (Å²) in [6.07, 6.45) is 4.37. The van der Waals surface area contributed by atoms with Crippen LogP contribution in [0, 0.1) is 17.8 Å². The standard InChI is InChI=1S/C17H26N4O/c1-12-19-15(21-22-12)11-17(5,6)9-13-7-8-18-14(20-13)10-16(2,3)4/h7-8H,9-11H2,1-6H3. The van der Waals surface area contributed by atoms with E-state index in [0.29, 0.717) is 5.89 Å². The molecule has 0 radical (unpaired) electrons. The van der Waals surface area contributed by atoms with Crippen LogP contribution in [-0.4, -0.2) is 20.1 Å². The van der Waals surface area contributed by atoms with E-state index in [-0.39, 0.29) is 10.8 Å². The van der Waals surface area contributed by atoms with E-state index < -0.39 is 0 Å². The largest absolute Gasteiger partial charge is 0.340 e. The molecule has 0 amide bonds. The average Bonchev–Trinajstić information content (AvgIpc) is 2.71. The molecule has 0 aliphatic rings. The van der Waals surface area contributed by atoms with Crippen molar-refractivity contribution in [1.82, 2.24) is 20.1 Å². The summed E-state index contributed by atoms with van der Waals surface area (Å²) >= 11 is 0. The van der Waals surface area contributed by atoms with Gasteiger partial charge in [-0.25, -0.2) is 9.97 Å². The number of aryl methyl sites for hydroxylation is 1. The van der Waals surface area contributed by atoms with Crippen LogP contribution < -0.4 is 0 Å². The maximum absolute atomic E-state index is 5.05. The minimum absolute atomic E-state index is 0.0175. The van der Waals surface area contributed by atoms with E-state index in [1.54, 1.807) is 0 Å². The minimum Gasteiger partial charge on any atom is -0.340 e. The highest BCUT2D eigenvalue weighted by molar-refractivity contribution is 5.07. The molecule has 0 unspecified atom stereocenters. The lowest BCUT2D eigenvalue weighted by atomic mass is 9.84.